The van der Waals surface area contributed by atoms with Crippen LogP contribution < -0.4 is 0 Å². The van der Waals surface area contributed by atoms with Crippen LogP contribution in [0, 0.1) is 0 Å². The van der Waals surface area contributed by atoms with Crippen molar-refractivity contribution in [2.24, 2.45) is 0 Å². The number of hydrogen-bond acceptors (Lipinski definition) is 14. The lowest BCUT2D eigenvalue weighted by Gasteiger charge is -2.43. The Balaban J connectivity index is 2.67. The van der Waals surface area contributed by atoms with Crippen LogP contribution >= 0.6 is 15.6 Å². The van der Waals surface area contributed by atoms with Gasteiger partial charge < -0.3 is 49.7 Å². The Morgan fingerprint density at radius 2 is 0.914 bits per heavy atom. The SMILES string of the molecule is CCCCC/C=C\C/C=C\C/C=C\C/C=C\C/C=C\CCC(=O)OC[C@H](COP(=O)(O)O[C@H]1C(O)C(O)C(O)[C@@H](OP(=O)(O)O)C1O)OC(=O)CCC/C=C\C/C=C\C/C=C\C/C=C\CCCCCO. The molecule has 19 heteroatoms. The largest absolute Gasteiger partial charge is 0.472 e. The van der Waals surface area contributed by atoms with Crippen molar-refractivity contribution in [3.63, 3.8) is 0 Å². The zero-order valence-electron chi connectivity index (χ0n) is 40.8. The van der Waals surface area contributed by atoms with Crippen LogP contribution in [0.15, 0.2) is 109 Å². The fourth-order valence-corrected chi connectivity index (χ4v) is 8.11. The number of aliphatic hydroxyl groups is 5. The van der Waals surface area contributed by atoms with Crippen molar-refractivity contribution >= 4 is 27.6 Å². The Bertz CT molecular complexity index is 1760. The molecule has 17 nitrogen and oxygen atoms in total. The monoisotopic (exact) mass is 1030 g/mol. The fraction of sp³-hybridized carbons (Fsp3) is 0.608. The smallest absolute Gasteiger partial charge is 0.462 e. The fourth-order valence-electron chi connectivity index (χ4n) is 6.57. The third-order valence-electron chi connectivity index (χ3n) is 10.4. The number of rotatable bonds is 40. The van der Waals surface area contributed by atoms with Gasteiger partial charge in [0.05, 0.1) is 6.61 Å². The average molecular weight is 1030 g/mol. The number of phosphoric acid groups is 2. The van der Waals surface area contributed by atoms with Crippen LogP contribution in [-0.2, 0) is 41.8 Å². The number of allylic oxidation sites excluding steroid dienone is 18. The Labute approximate surface area is 415 Å². The van der Waals surface area contributed by atoms with Gasteiger partial charge in [-0.15, -0.1) is 0 Å². The van der Waals surface area contributed by atoms with E-state index in [4.69, 9.17) is 23.6 Å². The van der Waals surface area contributed by atoms with E-state index in [1.54, 1.807) is 0 Å². The molecule has 1 aliphatic carbocycles. The van der Waals surface area contributed by atoms with Crippen molar-refractivity contribution in [3.8, 4) is 0 Å². The van der Waals surface area contributed by atoms with E-state index in [1.807, 2.05) is 42.5 Å². The van der Waals surface area contributed by atoms with Crippen molar-refractivity contribution in [1.29, 1.82) is 0 Å². The molecule has 8 N–H and O–H groups in total. The van der Waals surface area contributed by atoms with Gasteiger partial charge in [0.1, 0.15) is 43.2 Å². The van der Waals surface area contributed by atoms with Gasteiger partial charge in [0.2, 0.25) is 0 Å². The molecule has 398 valence electrons. The maximum atomic E-state index is 13.0. The van der Waals surface area contributed by atoms with Gasteiger partial charge in [0.15, 0.2) is 6.10 Å². The zero-order valence-corrected chi connectivity index (χ0v) is 42.6. The topological polar surface area (TPSA) is 276 Å². The van der Waals surface area contributed by atoms with E-state index in [-0.39, 0.29) is 19.4 Å². The maximum absolute atomic E-state index is 13.0. The van der Waals surface area contributed by atoms with Crippen molar-refractivity contribution in [1.82, 2.24) is 0 Å². The van der Waals surface area contributed by atoms with Crippen LogP contribution in [0.4, 0.5) is 0 Å². The molecule has 0 saturated heterocycles. The Kier molecular flexibility index (Phi) is 38.0. The molecule has 8 atom stereocenters. The quantitative estimate of drug-likeness (QED) is 0.0123. The molecule has 0 aromatic rings. The molecule has 0 bridgehead atoms. The molecule has 0 aliphatic heterocycles. The highest BCUT2D eigenvalue weighted by molar-refractivity contribution is 7.47. The molecule has 0 aromatic carbocycles. The third-order valence-corrected chi connectivity index (χ3v) is 11.9. The molecule has 5 unspecified atom stereocenters. The minimum atomic E-state index is -5.39. The third kappa shape index (κ3) is 34.9. The highest BCUT2D eigenvalue weighted by atomic mass is 31.2. The summed E-state index contributed by atoms with van der Waals surface area (Å²) < 4.78 is 49.2. The number of hydrogen-bond donors (Lipinski definition) is 8. The van der Waals surface area contributed by atoms with Crippen molar-refractivity contribution in [2.75, 3.05) is 19.8 Å². The second kappa shape index (κ2) is 41.1. The highest BCUT2D eigenvalue weighted by Crippen LogP contribution is 2.49. The van der Waals surface area contributed by atoms with Gasteiger partial charge in [-0.25, -0.2) is 9.13 Å². The first-order valence-corrected chi connectivity index (χ1v) is 27.6. The number of esters is 2. The van der Waals surface area contributed by atoms with Gasteiger partial charge in [-0.1, -0.05) is 136 Å². The first-order valence-electron chi connectivity index (χ1n) is 24.5. The Hall–Kier alpha value is -3.38. The van der Waals surface area contributed by atoms with Crippen LogP contribution in [0.25, 0.3) is 0 Å². The van der Waals surface area contributed by atoms with Crippen LogP contribution in [0.1, 0.15) is 135 Å². The predicted octanol–water partition coefficient (Wildman–Crippen LogP) is 8.70. The summed E-state index contributed by atoms with van der Waals surface area (Å²) in [6, 6.07) is 0. The molecule has 1 rings (SSSR count). The van der Waals surface area contributed by atoms with E-state index < -0.39 is 83.5 Å². The van der Waals surface area contributed by atoms with Crippen LogP contribution in [0.3, 0.4) is 0 Å². The van der Waals surface area contributed by atoms with E-state index >= 15 is 0 Å². The summed E-state index contributed by atoms with van der Waals surface area (Å²) in [7, 11) is -10.7. The number of carbonyl (C=O) groups is 2. The lowest BCUT2D eigenvalue weighted by atomic mass is 9.85. The normalized spacial score (nSPS) is 21.9. The molecule has 0 radical (unpaired) electrons. The molecular formula is C51H82O17P2. The van der Waals surface area contributed by atoms with Crippen molar-refractivity contribution in [3.05, 3.63) is 109 Å². The van der Waals surface area contributed by atoms with Gasteiger partial charge in [0, 0.05) is 19.4 Å². The van der Waals surface area contributed by atoms with Crippen LogP contribution in [-0.4, -0.2) is 115 Å². The van der Waals surface area contributed by atoms with Gasteiger partial charge in [0.25, 0.3) is 0 Å². The first kappa shape index (κ1) is 64.6. The number of phosphoric ester groups is 2. The molecule has 0 heterocycles. The maximum Gasteiger partial charge on any atom is 0.472 e. The van der Waals surface area contributed by atoms with Crippen LogP contribution in [0.2, 0.25) is 0 Å². The van der Waals surface area contributed by atoms with E-state index in [2.05, 4.69) is 78.3 Å². The number of carbonyl (C=O) groups excluding carboxylic acids is 2. The molecule has 0 amide bonds. The van der Waals surface area contributed by atoms with E-state index in [0.29, 0.717) is 32.1 Å². The van der Waals surface area contributed by atoms with Gasteiger partial charge in [-0.3, -0.25) is 23.2 Å². The molecular weight excluding hydrogens is 946 g/mol. The van der Waals surface area contributed by atoms with Crippen molar-refractivity contribution < 1.29 is 82.0 Å². The average Bonchev–Trinajstić information content (AvgIpc) is 3.32. The van der Waals surface area contributed by atoms with E-state index in [1.165, 1.54) is 19.3 Å². The lowest BCUT2D eigenvalue weighted by molar-refractivity contribution is -0.216. The number of ether oxygens (including phenoxy) is 2. The van der Waals surface area contributed by atoms with Gasteiger partial charge in [-0.05, 0) is 96.3 Å². The summed E-state index contributed by atoms with van der Waals surface area (Å²) in [6.45, 7) is 0.966. The van der Waals surface area contributed by atoms with Gasteiger partial charge in [-0.2, -0.15) is 0 Å². The Morgan fingerprint density at radius 1 is 0.486 bits per heavy atom. The molecule has 1 fully saturated rings. The summed E-state index contributed by atoms with van der Waals surface area (Å²) in [6.07, 6.45) is 37.9. The van der Waals surface area contributed by atoms with Crippen molar-refractivity contribution in [2.45, 2.75) is 178 Å². The summed E-state index contributed by atoms with van der Waals surface area (Å²) in [5.74, 6) is -1.39. The summed E-state index contributed by atoms with van der Waals surface area (Å²) in [5.41, 5.74) is 0. The van der Waals surface area contributed by atoms with Crippen LogP contribution in [0.5, 0.6) is 0 Å². The molecule has 70 heavy (non-hydrogen) atoms. The standard InChI is InChI=1S/C51H82O17P2/c1-2-3-4-5-6-7-8-9-10-11-12-14-17-20-23-26-29-32-35-38-44(53)64-41-43(42-65-70(62,63)68-51-48(57)46(55)47(56)50(49(51)58)67-69(59,60)61)66-45(54)39-36-33-30-27-24-21-18-15-13-16-19-22-25-28-31-34-37-40-52/h6-7,9-10,12-14,16,18,20-23,25,27,29-30,32,43,46-52,55-58H,2-5,8,11,15,17,19,24,26,28,31,33-42H2,1H3,(H,62,63)(H2,59,60,61)/b7-6-,10-9-,14-12-,16-13-,21-18-,23-20-,25-22-,30-27-,32-29-/t43-,46?,47?,48?,49?,50-,51+/m1/s1. The van der Waals surface area contributed by atoms with Gasteiger partial charge >= 0.3 is 27.6 Å². The number of aliphatic hydroxyl groups excluding tert-OH is 5. The second-order valence-corrected chi connectivity index (χ2v) is 19.1. The van der Waals surface area contributed by atoms with E-state index in [9.17, 15) is 53.8 Å². The minimum Gasteiger partial charge on any atom is -0.462 e. The predicted molar refractivity (Wildman–Crippen MR) is 270 cm³/mol. The van der Waals surface area contributed by atoms with E-state index in [0.717, 1.165) is 64.2 Å². The summed E-state index contributed by atoms with van der Waals surface area (Å²) in [5, 5.41) is 50.1. The molecule has 1 aliphatic rings. The summed E-state index contributed by atoms with van der Waals surface area (Å²) >= 11 is 0. The summed E-state index contributed by atoms with van der Waals surface area (Å²) in [4.78, 5) is 54.3. The molecule has 0 aromatic heterocycles. The minimum absolute atomic E-state index is 0.0265. The highest BCUT2D eigenvalue weighted by Gasteiger charge is 2.54. The zero-order chi connectivity index (χ0) is 51.7. The molecule has 0 spiro atoms. The Morgan fingerprint density at radius 3 is 1.37 bits per heavy atom. The lowest BCUT2D eigenvalue weighted by Crippen LogP contribution is -2.64. The molecule has 1 saturated carbocycles. The second-order valence-electron chi connectivity index (χ2n) is 16.5. The first-order chi connectivity index (χ1) is 33.6. The number of unbranched alkanes of at least 4 members (excludes halogenated alkanes) is 7.